The highest BCUT2D eigenvalue weighted by molar-refractivity contribution is 6.01. The third kappa shape index (κ3) is 6.19. The number of benzene rings is 2. The number of likely N-dealkylation sites (N-methyl/N-ethyl adjacent to an activating group) is 1. The van der Waals surface area contributed by atoms with Crippen LogP contribution in [0.3, 0.4) is 0 Å². The van der Waals surface area contributed by atoms with Crippen LogP contribution < -0.4 is 9.47 Å². The number of nitro benzene ring substituents is 1. The fraction of sp³-hybridized carbons (Fsp3) is 0.250. The Labute approximate surface area is 187 Å². The maximum absolute atomic E-state index is 12.2. The van der Waals surface area contributed by atoms with Crippen molar-refractivity contribution in [3.8, 4) is 17.6 Å². The van der Waals surface area contributed by atoms with Gasteiger partial charge in [-0.15, -0.1) is 6.58 Å². The molecule has 8 heteroatoms. The molecule has 32 heavy (non-hydrogen) atoms. The lowest BCUT2D eigenvalue weighted by atomic mass is 10.0. The molecule has 0 saturated heterocycles. The molecule has 8 nitrogen and oxygen atoms in total. The molecule has 0 spiro atoms. The molecule has 0 aliphatic rings. The lowest BCUT2D eigenvalue weighted by Gasteiger charge is -2.17. The van der Waals surface area contributed by atoms with Crippen LogP contribution in [0.5, 0.6) is 11.5 Å². The quantitative estimate of drug-likeness (QED) is 0.181. The number of hydrogen-bond acceptors (Lipinski definition) is 6. The predicted octanol–water partition coefficient (Wildman–Crippen LogP) is 4.30. The summed E-state index contributed by atoms with van der Waals surface area (Å²) in [7, 11) is 3.15. The maximum Gasteiger partial charge on any atom is 0.269 e. The van der Waals surface area contributed by atoms with Gasteiger partial charge in [-0.1, -0.05) is 18.2 Å². The smallest absolute Gasteiger partial charge is 0.269 e. The second-order valence-corrected chi connectivity index (χ2v) is 7.02. The van der Waals surface area contributed by atoms with E-state index in [2.05, 4.69) is 6.58 Å². The molecule has 0 aliphatic heterocycles. The number of ether oxygens (including phenoxy) is 2. The molecular formula is C24H25N3O5. The third-order valence-corrected chi connectivity index (χ3v) is 4.39. The molecule has 0 aliphatic carbocycles. The van der Waals surface area contributed by atoms with Gasteiger partial charge in [0.1, 0.15) is 18.2 Å². The number of hydrogen-bond donors (Lipinski definition) is 0. The number of rotatable bonds is 10. The van der Waals surface area contributed by atoms with E-state index in [1.807, 2.05) is 13.0 Å². The molecule has 2 aromatic carbocycles. The van der Waals surface area contributed by atoms with Crippen molar-refractivity contribution in [3.63, 3.8) is 0 Å². The fourth-order valence-corrected chi connectivity index (χ4v) is 2.97. The molecule has 0 aromatic heterocycles. The van der Waals surface area contributed by atoms with Crippen LogP contribution in [-0.2, 0) is 17.8 Å². The van der Waals surface area contributed by atoms with Gasteiger partial charge in [-0.3, -0.25) is 14.9 Å². The van der Waals surface area contributed by atoms with Gasteiger partial charge in [-0.25, -0.2) is 0 Å². The minimum absolute atomic E-state index is 0.00716. The average molecular weight is 435 g/mol. The standard InChI is InChI=1S/C24H25N3O5/c1-5-8-19-11-18(12-20(15-25)24(28)26(3)4)14-22(31-6-2)23(19)32-16-17-9-7-10-21(13-17)27(29)30/h5,7,9-14H,1,6,8,16H2,2-4H3/b20-12-. The maximum atomic E-state index is 12.2. The molecule has 2 aromatic rings. The normalized spacial score (nSPS) is 10.8. The Hall–Kier alpha value is -4.12. The van der Waals surface area contributed by atoms with E-state index >= 15 is 0 Å². The van der Waals surface area contributed by atoms with Crippen molar-refractivity contribution in [2.24, 2.45) is 0 Å². The van der Waals surface area contributed by atoms with Crippen molar-refractivity contribution in [2.75, 3.05) is 20.7 Å². The van der Waals surface area contributed by atoms with Crippen molar-refractivity contribution in [1.29, 1.82) is 5.26 Å². The summed E-state index contributed by atoms with van der Waals surface area (Å²) >= 11 is 0. The van der Waals surface area contributed by atoms with E-state index < -0.39 is 10.8 Å². The first-order valence-corrected chi connectivity index (χ1v) is 9.90. The molecule has 166 valence electrons. The van der Waals surface area contributed by atoms with Gasteiger partial charge in [-0.05, 0) is 42.7 Å². The molecule has 0 unspecified atom stereocenters. The number of amides is 1. The van der Waals surface area contributed by atoms with Crippen LogP contribution in [0.25, 0.3) is 6.08 Å². The zero-order valence-electron chi connectivity index (χ0n) is 18.3. The number of carbonyl (C=O) groups is 1. The fourth-order valence-electron chi connectivity index (χ4n) is 2.97. The van der Waals surface area contributed by atoms with Crippen LogP contribution >= 0.6 is 0 Å². The molecule has 0 heterocycles. The van der Waals surface area contributed by atoms with Crippen molar-refractivity contribution in [3.05, 3.63) is 81.4 Å². The van der Waals surface area contributed by atoms with E-state index in [-0.39, 0.29) is 17.9 Å². The third-order valence-electron chi connectivity index (χ3n) is 4.39. The predicted molar refractivity (Wildman–Crippen MR) is 121 cm³/mol. The van der Waals surface area contributed by atoms with Crippen LogP contribution in [0.1, 0.15) is 23.6 Å². The van der Waals surface area contributed by atoms with Crippen LogP contribution in [0, 0.1) is 21.4 Å². The first kappa shape index (κ1) is 24.2. The number of nitro groups is 1. The molecule has 0 atom stereocenters. The van der Waals surface area contributed by atoms with E-state index in [1.165, 1.54) is 23.1 Å². The van der Waals surface area contributed by atoms with Crippen molar-refractivity contribution < 1.29 is 19.2 Å². The lowest BCUT2D eigenvalue weighted by molar-refractivity contribution is -0.384. The van der Waals surface area contributed by atoms with Crippen LogP contribution in [0.15, 0.2) is 54.6 Å². The Balaban J connectivity index is 2.47. The highest BCUT2D eigenvalue weighted by Crippen LogP contribution is 2.35. The number of nitriles is 1. The zero-order valence-corrected chi connectivity index (χ0v) is 18.3. The summed E-state index contributed by atoms with van der Waals surface area (Å²) in [6.07, 6.45) is 3.66. The minimum atomic E-state index is -0.457. The van der Waals surface area contributed by atoms with Crippen LogP contribution in [0.4, 0.5) is 5.69 Å². The molecular weight excluding hydrogens is 410 g/mol. The van der Waals surface area contributed by atoms with Crippen LogP contribution in [0.2, 0.25) is 0 Å². The van der Waals surface area contributed by atoms with Gasteiger partial charge < -0.3 is 14.4 Å². The summed E-state index contributed by atoms with van der Waals surface area (Å²) in [5.74, 6) is 0.521. The molecule has 0 fully saturated rings. The Morgan fingerprint density at radius 3 is 2.62 bits per heavy atom. The second kappa shape index (κ2) is 11.3. The monoisotopic (exact) mass is 435 g/mol. The van der Waals surface area contributed by atoms with E-state index in [0.29, 0.717) is 35.7 Å². The first-order chi connectivity index (χ1) is 15.3. The highest BCUT2D eigenvalue weighted by atomic mass is 16.6. The SMILES string of the molecule is C=CCc1cc(/C=C(/C#N)C(=O)N(C)C)cc(OCC)c1OCc1cccc([N+](=O)[O-])c1. The largest absolute Gasteiger partial charge is 0.490 e. The van der Waals surface area contributed by atoms with Crippen molar-refractivity contribution in [1.82, 2.24) is 4.90 Å². The van der Waals surface area contributed by atoms with Crippen LogP contribution in [-0.4, -0.2) is 36.4 Å². The zero-order chi connectivity index (χ0) is 23.7. The van der Waals surface area contributed by atoms with Crippen molar-refractivity contribution in [2.45, 2.75) is 20.0 Å². The molecule has 2 rings (SSSR count). The topological polar surface area (TPSA) is 106 Å². The molecule has 1 amide bonds. The van der Waals surface area contributed by atoms with Crippen molar-refractivity contribution >= 4 is 17.7 Å². The summed E-state index contributed by atoms with van der Waals surface area (Å²) in [4.78, 5) is 24.1. The first-order valence-electron chi connectivity index (χ1n) is 9.90. The van der Waals surface area contributed by atoms with Gasteiger partial charge >= 0.3 is 0 Å². The summed E-state index contributed by atoms with van der Waals surface area (Å²) < 4.78 is 11.8. The van der Waals surface area contributed by atoms with Gasteiger partial charge in [-0.2, -0.15) is 5.26 Å². The lowest BCUT2D eigenvalue weighted by Crippen LogP contribution is -2.22. The number of allylic oxidation sites excluding steroid dienone is 1. The average Bonchev–Trinajstić information content (AvgIpc) is 2.77. The highest BCUT2D eigenvalue weighted by Gasteiger charge is 2.16. The summed E-state index contributed by atoms with van der Waals surface area (Å²) in [6, 6.07) is 11.6. The Kier molecular flexibility index (Phi) is 8.54. The van der Waals surface area contributed by atoms with Gasteiger partial charge in [0.25, 0.3) is 11.6 Å². The number of non-ortho nitro benzene ring substituents is 1. The van der Waals surface area contributed by atoms with Gasteiger partial charge in [0, 0.05) is 31.8 Å². The van der Waals surface area contributed by atoms with E-state index in [9.17, 15) is 20.2 Å². The Morgan fingerprint density at radius 2 is 2.03 bits per heavy atom. The Bertz CT molecular complexity index is 1080. The molecule has 0 radical (unpaired) electrons. The van der Waals surface area contributed by atoms with E-state index in [0.717, 1.165) is 5.56 Å². The second-order valence-electron chi connectivity index (χ2n) is 7.02. The minimum Gasteiger partial charge on any atom is -0.490 e. The van der Waals surface area contributed by atoms with Gasteiger partial charge in [0.05, 0.1) is 11.5 Å². The summed E-state index contributed by atoms with van der Waals surface area (Å²) in [5, 5.41) is 20.4. The summed E-state index contributed by atoms with van der Waals surface area (Å²) in [5.41, 5.74) is 1.97. The Morgan fingerprint density at radius 1 is 1.28 bits per heavy atom. The van der Waals surface area contributed by atoms with Gasteiger partial charge in [0.15, 0.2) is 11.5 Å². The van der Waals surface area contributed by atoms with E-state index in [1.54, 1.807) is 44.4 Å². The number of nitrogens with zero attached hydrogens (tertiary/aromatic N) is 3. The summed E-state index contributed by atoms with van der Waals surface area (Å²) in [6.45, 7) is 6.08. The van der Waals surface area contributed by atoms with Gasteiger partial charge in [0.2, 0.25) is 0 Å². The number of carbonyl (C=O) groups excluding carboxylic acids is 1. The molecule has 0 N–H and O–H groups in total. The van der Waals surface area contributed by atoms with E-state index in [4.69, 9.17) is 9.47 Å². The molecule has 0 bridgehead atoms. The molecule has 0 saturated carbocycles.